The van der Waals surface area contributed by atoms with Crippen LogP contribution < -0.4 is 15.8 Å². The average Bonchev–Trinajstić information content (AvgIpc) is 3.15. The van der Waals surface area contributed by atoms with E-state index in [4.69, 9.17) is 4.74 Å². The molecule has 0 aliphatic carbocycles. The van der Waals surface area contributed by atoms with Gasteiger partial charge in [0.05, 0.1) is 19.8 Å². The first-order valence-electron chi connectivity index (χ1n) is 12.2. The van der Waals surface area contributed by atoms with Crippen molar-refractivity contribution < 1.29 is 8.95 Å². The predicted molar refractivity (Wildman–Crippen MR) is 151 cm³/mol. The molecule has 1 aliphatic rings. The molecule has 0 bridgehead atoms. The number of nitrogens with one attached hydrogen (secondary N) is 1. The molecule has 0 saturated carbocycles. The van der Waals surface area contributed by atoms with Crippen LogP contribution in [0.4, 0.5) is 23.1 Å². The number of aromatic nitrogens is 5. The molecule has 1 fully saturated rings. The first-order chi connectivity index (χ1) is 18.2. The number of benzene rings is 1. The van der Waals surface area contributed by atoms with Crippen molar-refractivity contribution in [3.63, 3.8) is 0 Å². The Kier molecular flexibility index (Phi) is 7.00. The fraction of sp³-hybridized carbons (Fsp3) is 0.308. The lowest BCUT2D eigenvalue weighted by atomic mass is 10.1. The van der Waals surface area contributed by atoms with Crippen LogP contribution in [0.3, 0.4) is 0 Å². The number of hydrogen-bond donors (Lipinski definition) is 1. The van der Waals surface area contributed by atoms with Gasteiger partial charge in [0.25, 0.3) is 5.56 Å². The van der Waals surface area contributed by atoms with Crippen LogP contribution in [0.1, 0.15) is 5.56 Å². The summed E-state index contributed by atoms with van der Waals surface area (Å²) in [5, 5.41) is 3.60. The molecule has 4 aromatic rings. The molecule has 1 saturated heterocycles. The van der Waals surface area contributed by atoms with Gasteiger partial charge in [-0.15, -0.1) is 6.58 Å². The van der Waals surface area contributed by atoms with Crippen molar-refractivity contribution in [1.82, 2.24) is 24.3 Å². The van der Waals surface area contributed by atoms with Crippen LogP contribution in [0.25, 0.3) is 16.9 Å². The molecule has 0 radical (unpaired) electrons. The van der Waals surface area contributed by atoms with Gasteiger partial charge in [0.15, 0.2) is 17.3 Å². The number of pyridine rings is 1. The highest BCUT2D eigenvalue weighted by atomic mass is 32.2. The monoisotopic (exact) mass is 534 g/mol. The number of allylic oxidation sites excluding steroid dienone is 1. The predicted octanol–water partition coefficient (Wildman–Crippen LogP) is 3.41. The maximum Gasteiger partial charge on any atom is 0.278 e. The summed E-state index contributed by atoms with van der Waals surface area (Å²) in [4.78, 5) is 29.2. The second-order valence-electron chi connectivity index (χ2n) is 9.27. The quantitative estimate of drug-likeness (QED) is 0.358. The van der Waals surface area contributed by atoms with Crippen LogP contribution in [0.2, 0.25) is 0 Å². The second-order valence-corrected chi connectivity index (χ2v) is 11.8. The lowest BCUT2D eigenvalue weighted by Crippen LogP contribution is -2.36. The maximum absolute atomic E-state index is 13.2. The topological polar surface area (TPSA) is 120 Å². The molecule has 11 nitrogen and oxygen atoms in total. The normalized spacial score (nSPS) is 14.0. The van der Waals surface area contributed by atoms with E-state index >= 15 is 0 Å². The molecular formula is C26H30N8O3S. The molecule has 1 aliphatic heterocycles. The summed E-state index contributed by atoms with van der Waals surface area (Å²) in [5.41, 5.74) is 3.24. The van der Waals surface area contributed by atoms with E-state index in [9.17, 15) is 9.00 Å². The molecule has 0 unspecified atom stereocenters. The van der Waals surface area contributed by atoms with E-state index in [0.717, 1.165) is 37.6 Å². The number of hydrogen-bond acceptors (Lipinski definition) is 9. The molecular weight excluding hydrogens is 504 g/mol. The number of fused-ring (bicyclic) bond motifs is 1. The Hall–Kier alpha value is -4.03. The van der Waals surface area contributed by atoms with Crippen LogP contribution in [0.5, 0.6) is 0 Å². The molecule has 0 atom stereocenters. The van der Waals surface area contributed by atoms with Crippen LogP contribution in [-0.2, 0) is 21.0 Å². The van der Waals surface area contributed by atoms with E-state index < -0.39 is 9.73 Å². The van der Waals surface area contributed by atoms with Gasteiger partial charge in [-0.3, -0.25) is 4.79 Å². The van der Waals surface area contributed by atoms with Crippen LogP contribution in [0.15, 0.2) is 64.4 Å². The fourth-order valence-corrected chi connectivity index (χ4v) is 4.99. The van der Waals surface area contributed by atoms with Crippen molar-refractivity contribution in [2.45, 2.75) is 13.5 Å². The third-order valence-electron chi connectivity index (χ3n) is 6.03. The Morgan fingerprint density at radius 3 is 2.68 bits per heavy atom. The van der Waals surface area contributed by atoms with Crippen LogP contribution in [-0.4, -0.2) is 67.3 Å². The van der Waals surface area contributed by atoms with Gasteiger partial charge in [-0.25, -0.2) is 23.5 Å². The molecule has 38 heavy (non-hydrogen) atoms. The first kappa shape index (κ1) is 25.6. The Morgan fingerprint density at radius 1 is 1.18 bits per heavy atom. The number of nitrogens with zero attached hydrogens (tertiary/aromatic N) is 7. The van der Waals surface area contributed by atoms with E-state index in [1.54, 1.807) is 41.5 Å². The summed E-state index contributed by atoms with van der Waals surface area (Å²) in [6.07, 6.45) is 6.22. The van der Waals surface area contributed by atoms with Gasteiger partial charge in [0.2, 0.25) is 5.95 Å². The number of anilines is 3. The van der Waals surface area contributed by atoms with Crippen molar-refractivity contribution >= 4 is 43.9 Å². The van der Waals surface area contributed by atoms with Gasteiger partial charge in [0.1, 0.15) is 5.39 Å². The van der Waals surface area contributed by atoms with Gasteiger partial charge in [-0.1, -0.05) is 12.1 Å². The van der Waals surface area contributed by atoms with Gasteiger partial charge < -0.3 is 15.0 Å². The highest BCUT2D eigenvalue weighted by Gasteiger charge is 2.19. The zero-order valence-electron chi connectivity index (χ0n) is 21.6. The minimum absolute atomic E-state index is 0.238. The summed E-state index contributed by atoms with van der Waals surface area (Å²) in [5.74, 6) is 1.06. The van der Waals surface area contributed by atoms with E-state index in [-0.39, 0.29) is 12.1 Å². The Balaban J connectivity index is 1.55. The number of rotatable bonds is 7. The van der Waals surface area contributed by atoms with E-state index in [0.29, 0.717) is 28.6 Å². The third kappa shape index (κ3) is 5.31. The molecule has 0 amide bonds. The minimum atomic E-state index is -2.42. The van der Waals surface area contributed by atoms with E-state index in [1.165, 1.54) is 16.6 Å². The van der Waals surface area contributed by atoms with Gasteiger partial charge in [0, 0.05) is 52.9 Å². The van der Waals surface area contributed by atoms with Crippen LogP contribution >= 0.6 is 0 Å². The second kappa shape index (κ2) is 10.4. The number of aryl methyl sites for hydroxylation is 1. The van der Waals surface area contributed by atoms with Crippen molar-refractivity contribution in [2.75, 3.05) is 49.0 Å². The average molecular weight is 535 g/mol. The third-order valence-corrected chi connectivity index (χ3v) is 6.66. The number of ether oxygens (including phenoxy) is 1. The molecule has 1 aromatic carbocycles. The molecule has 5 rings (SSSR count). The highest BCUT2D eigenvalue weighted by Crippen LogP contribution is 2.26. The molecule has 12 heteroatoms. The molecule has 3 aromatic heterocycles. The van der Waals surface area contributed by atoms with Crippen molar-refractivity contribution in [3.05, 3.63) is 71.2 Å². The fourth-order valence-electron chi connectivity index (χ4n) is 4.44. The zero-order chi connectivity index (χ0) is 26.9. The summed E-state index contributed by atoms with van der Waals surface area (Å²) in [7, 11) is -2.42. The Bertz CT molecular complexity index is 1690. The summed E-state index contributed by atoms with van der Waals surface area (Å²) < 4.78 is 25.0. The summed E-state index contributed by atoms with van der Waals surface area (Å²) in [6.45, 7) is 9.27. The molecule has 198 valence electrons. The van der Waals surface area contributed by atoms with Gasteiger partial charge in [-0.05, 0) is 42.8 Å². The first-order valence-corrected chi connectivity index (χ1v) is 14.5. The summed E-state index contributed by atoms with van der Waals surface area (Å²) >= 11 is 0. The lowest BCUT2D eigenvalue weighted by Gasteiger charge is -2.30. The van der Waals surface area contributed by atoms with Gasteiger partial charge in [-0.2, -0.15) is 9.35 Å². The zero-order valence-corrected chi connectivity index (χ0v) is 22.4. The molecule has 4 heterocycles. The SMILES string of the molecule is C=CCn1c(=O)c2cnc(Nc3ccc(N4CCOCC4)c(C)c3)nc2n1-c1cccc(N=S(C)(C)=O)n1. The van der Waals surface area contributed by atoms with Crippen molar-refractivity contribution in [3.8, 4) is 5.82 Å². The maximum atomic E-state index is 13.2. The number of morpholine rings is 1. The van der Waals surface area contributed by atoms with E-state index in [2.05, 4.69) is 49.1 Å². The molecule has 1 N–H and O–H groups in total. The largest absolute Gasteiger partial charge is 0.378 e. The Labute approximate surface area is 221 Å². The minimum Gasteiger partial charge on any atom is -0.378 e. The smallest absolute Gasteiger partial charge is 0.278 e. The standard InChI is InChI=1S/C26H30N8O3S/c1-5-11-33-25(35)20-17-27-26(28-19-9-10-21(18(2)16-19)32-12-14-37-15-13-32)30-24(20)34(33)23-8-6-7-22(29-23)31-38(3,4)36/h5-10,16-17H,1,11-15H2,2-4H3,(H,27,28,30). The highest BCUT2D eigenvalue weighted by molar-refractivity contribution is 7.92. The van der Waals surface area contributed by atoms with Crippen molar-refractivity contribution in [1.29, 1.82) is 0 Å². The lowest BCUT2D eigenvalue weighted by molar-refractivity contribution is 0.122. The Morgan fingerprint density at radius 2 is 1.97 bits per heavy atom. The van der Waals surface area contributed by atoms with Gasteiger partial charge >= 0.3 is 0 Å². The summed E-state index contributed by atoms with van der Waals surface area (Å²) in [6, 6.07) is 11.3. The van der Waals surface area contributed by atoms with Crippen LogP contribution in [0, 0.1) is 6.92 Å². The van der Waals surface area contributed by atoms with Crippen molar-refractivity contribution in [2.24, 2.45) is 4.36 Å². The van der Waals surface area contributed by atoms with E-state index in [1.807, 2.05) is 12.1 Å². The molecule has 0 spiro atoms.